The molecule has 0 radical (unpaired) electrons. The quantitative estimate of drug-likeness (QED) is 0.605. The van der Waals surface area contributed by atoms with Crippen LogP contribution in [0.3, 0.4) is 0 Å². The van der Waals surface area contributed by atoms with Crippen molar-refractivity contribution in [3.63, 3.8) is 0 Å². The number of hydrogen-bond donors (Lipinski definition) is 1. The third-order valence-corrected chi connectivity index (χ3v) is 6.32. The average molecular weight is 438 g/mol. The molecular formula is C18H15FN2O6S2. The molecule has 0 saturated carbocycles. The van der Waals surface area contributed by atoms with Crippen molar-refractivity contribution in [3.05, 3.63) is 70.4 Å². The van der Waals surface area contributed by atoms with E-state index in [1.807, 2.05) is 0 Å². The largest absolute Gasteiger partial charge is 0.372 e. The number of H-pyrrole nitrogens is 1. The zero-order chi connectivity index (χ0) is 21.4. The summed E-state index contributed by atoms with van der Waals surface area (Å²) in [5, 5.41) is 5.64. The van der Waals surface area contributed by atoms with E-state index in [2.05, 4.69) is 10.2 Å². The highest BCUT2D eigenvalue weighted by atomic mass is 32.2. The van der Waals surface area contributed by atoms with Crippen LogP contribution in [0, 0.1) is 12.7 Å². The Bertz CT molecular complexity index is 1350. The number of nitrogens with one attached hydrogen (secondary N) is 1. The maximum Gasteiger partial charge on any atom is 0.339 e. The number of aryl methyl sites for hydroxylation is 1. The summed E-state index contributed by atoms with van der Waals surface area (Å²) in [4.78, 5) is 11.5. The third kappa shape index (κ3) is 4.35. The first-order valence-electron chi connectivity index (χ1n) is 8.08. The molecule has 0 unspecified atom stereocenters. The van der Waals surface area contributed by atoms with Gasteiger partial charge in [0.2, 0.25) is 5.75 Å². The van der Waals surface area contributed by atoms with Crippen LogP contribution in [0.4, 0.5) is 4.39 Å². The molecule has 0 aliphatic heterocycles. The lowest BCUT2D eigenvalue weighted by Crippen LogP contribution is -2.19. The van der Waals surface area contributed by atoms with Crippen LogP contribution in [0.5, 0.6) is 5.75 Å². The van der Waals surface area contributed by atoms with Gasteiger partial charge in [-0.2, -0.15) is 13.5 Å². The Balaban J connectivity index is 2.10. The Hall–Kier alpha value is -3.05. The van der Waals surface area contributed by atoms with E-state index >= 15 is 0 Å². The van der Waals surface area contributed by atoms with Crippen LogP contribution < -0.4 is 9.74 Å². The van der Waals surface area contributed by atoms with Crippen molar-refractivity contribution in [2.24, 2.45) is 0 Å². The molecule has 29 heavy (non-hydrogen) atoms. The van der Waals surface area contributed by atoms with Gasteiger partial charge in [0, 0.05) is 6.26 Å². The number of benzene rings is 2. The van der Waals surface area contributed by atoms with Gasteiger partial charge in [-0.1, -0.05) is 23.8 Å². The number of aromatic nitrogens is 2. The van der Waals surface area contributed by atoms with Crippen molar-refractivity contribution in [3.8, 4) is 16.9 Å². The van der Waals surface area contributed by atoms with Gasteiger partial charge in [0.05, 0.1) is 11.8 Å². The molecule has 1 aromatic heterocycles. The lowest BCUT2D eigenvalue weighted by atomic mass is 10.1. The van der Waals surface area contributed by atoms with Gasteiger partial charge in [0.15, 0.2) is 9.84 Å². The van der Waals surface area contributed by atoms with E-state index in [0.717, 1.165) is 30.1 Å². The van der Waals surface area contributed by atoms with Crippen LogP contribution >= 0.6 is 0 Å². The van der Waals surface area contributed by atoms with Gasteiger partial charge in [0.25, 0.3) is 0 Å². The van der Waals surface area contributed by atoms with Crippen molar-refractivity contribution >= 4 is 20.0 Å². The zero-order valence-electron chi connectivity index (χ0n) is 15.2. The highest BCUT2D eigenvalue weighted by Crippen LogP contribution is 2.30. The van der Waals surface area contributed by atoms with Crippen LogP contribution in [-0.4, -0.2) is 33.3 Å². The molecule has 11 heteroatoms. The van der Waals surface area contributed by atoms with Gasteiger partial charge in [-0.25, -0.2) is 17.9 Å². The summed E-state index contributed by atoms with van der Waals surface area (Å²) in [6.07, 6.45) is 1.93. The van der Waals surface area contributed by atoms with E-state index in [-0.39, 0.29) is 16.0 Å². The smallest absolute Gasteiger partial charge is 0.339 e. The van der Waals surface area contributed by atoms with Crippen molar-refractivity contribution in [2.45, 2.75) is 16.7 Å². The molecule has 0 aliphatic rings. The molecule has 0 aliphatic carbocycles. The maximum absolute atomic E-state index is 14.3. The van der Waals surface area contributed by atoms with Gasteiger partial charge in [-0.3, -0.25) is 4.79 Å². The first kappa shape index (κ1) is 20.7. The summed E-state index contributed by atoms with van der Waals surface area (Å²) >= 11 is 0. The van der Waals surface area contributed by atoms with E-state index in [4.69, 9.17) is 4.18 Å². The second-order valence-corrected chi connectivity index (χ2v) is 9.74. The lowest BCUT2D eigenvalue weighted by molar-refractivity contribution is 0.482. The third-order valence-electron chi connectivity index (χ3n) is 3.96. The van der Waals surface area contributed by atoms with E-state index in [0.29, 0.717) is 0 Å². The van der Waals surface area contributed by atoms with Crippen molar-refractivity contribution in [1.82, 2.24) is 10.2 Å². The summed E-state index contributed by atoms with van der Waals surface area (Å²) < 4.78 is 67.6. The molecule has 152 valence electrons. The summed E-state index contributed by atoms with van der Waals surface area (Å²) in [5.41, 5.74) is -0.232. The fraction of sp³-hybridized carbons (Fsp3) is 0.111. The summed E-state index contributed by atoms with van der Waals surface area (Å²) in [5.74, 6) is -1.68. The number of hydrogen-bond acceptors (Lipinski definition) is 7. The predicted molar refractivity (Wildman–Crippen MR) is 102 cm³/mol. The molecule has 1 N–H and O–H groups in total. The second kappa shape index (κ2) is 7.41. The van der Waals surface area contributed by atoms with Crippen molar-refractivity contribution in [2.75, 3.05) is 6.26 Å². The van der Waals surface area contributed by atoms with Crippen LogP contribution in [0.25, 0.3) is 11.1 Å². The lowest BCUT2D eigenvalue weighted by Gasteiger charge is -2.11. The predicted octanol–water partition coefficient (Wildman–Crippen LogP) is 2.06. The fourth-order valence-corrected chi connectivity index (χ4v) is 4.19. The minimum Gasteiger partial charge on any atom is -0.372 e. The normalized spacial score (nSPS) is 12.0. The van der Waals surface area contributed by atoms with Crippen LogP contribution in [-0.2, 0) is 20.0 Å². The van der Waals surface area contributed by atoms with Gasteiger partial charge >= 0.3 is 15.7 Å². The Kier molecular flexibility index (Phi) is 5.28. The molecule has 0 saturated heterocycles. The maximum atomic E-state index is 14.3. The molecule has 0 spiro atoms. The second-order valence-electron chi connectivity index (χ2n) is 6.21. The monoisotopic (exact) mass is 438 g/mol. The van der Waals surface area contributed by atoms with Crippen molar-refractivity contribution in [1.29, 1.82) is 0 Å². The van der Waals surface area contributed by atoms with Crippen LogP contribution in [0.15, 0.2) is 63.2 Å². The Morgan fingerprint density at radius 1 is 1.03 bits per heavy atom. The molecule has 0 atom stereocenters. The molecule has 1 heterocycles. The number of nitrogens with zero attached hydrogens (tertiary/aromatic N) is 1. The molecule has 8 nitrogen and oxygen atoms in total. The Labute approximate surface area is 166 Å². The molecular weight excluding hydrogens is 423 g/mol. The molecule has 3 rings (SSSR count). The first-order chi connectivity index (χ1) is 13.5. The molecule has 0 bridgehead atoms. The number of halogens is 1. The summed E-state index contributed by atoms with van der Waals surface area (Å²) in [6, 6.07) is 8.86. The van der Waals surface area contributed by atoms with E-state index in [9.17, 15) is 26.0 Å². The topological polar surface area (TPSA) is 123 Å². The van der Waals surface area contributed by atoms with Gasteiger partial charge < -0.3 is 4.18 Å². The number of rotatable bonds is 5. The highest BCUT2D eigenvalue weighted by molar-refractivity contribution is 7.90. The molecule has 0 fully saturated rings. The van der Waals surface area contributed by atoms with Crippen LogP contribution in [0.1, 0.15) is 5.56 Å². The highest BCUT2D eigenvalue weighted by Gasteiger charge is 2.23. The molecule has 2 aromatic carbocycles. The SMILES string of the molecule is Cc1ccc(S(=O)(=O)Oc2c(-c3ccc(S(C)(=O)=O)c(F)c3)cn[nH]c2=O)cc1. The minimum atomic E-state index is -4.36. The van der Waals surface area contributed by atoms with E-state index in [1.54, 1.807) is 19.1 Å². The van der Waals surface area contributed by atoms with Gasteiger partial charge in [-0.05, 0) is 36.8 Å². The Morgan fingerprint density at radius 2 is 1.69 bits per heavy atom. The molecule has 3 aromatic rings. The van der Waals surface area contributed by atoms with Gasteiger partial charge in [0.1, 0.15) is 15.6 Å². The zero-order valence-corrected chi connectivity index (χ0v) is 16.8. The van der Waals surface area contributed by atoms with Crippen molar-refractivity contribution < 1.29 is 25.4 Å². The van der Waals surface area contributed by atoms with Gasteiger partial charge in [-0.15, -0.1) is 0 Å². The van der Waals surface area contributed by atoms with Crippen LogP contribution in [0.2, 0.25) is 0 Å². The fourth-order valence-electron chi connectivity index (χ4n) is 2.51. The number of aromatic amines is 1. The Morgan fingerprint density at radius 3 is 2.28 bits per heavy atom. The minimum absolute atomic E-state index is 0.0163. The number of sulfone groups is 1. The van der Waals surface area contributed by atoms with E-state index < -0.39 is 42.0 Å². The molecule has 0 amide bonds. The average Bonchev–Trinajstić information content (AvgIpc) is 2.62. The summed E-state index contributed by atoms with van der Waals surface area (Å²) in [7, 11) is -8.17. The standard InChI is InChI=1S/C18H15FN2O6S2/c1-11-3-6-13(7-4-11)29(25,26)27-17-14(10-20-21-18(17)22)12-5-8-16(15(19)9-12)28(2,23)24/h3-10H,1-2H3,(H,21,22). The summed E-state index contributed by atoms with van der Waals surface area (Å²) in [6.45, 7) is 1.78. The van der Waals surface area contributed by atoms with E-state index in [1.165, 1.54) is 18.2 Å². The first-order valence-corrected chi connectivity index (χ1v) is 11.4.